The van der Waals surface area contributed by atoms with Crippen molar-refractivity contribution in [3.05, 3.63) is 66.0 Å². The lowest BCUT2D eigenvalue weighted by Gasteiger charge is -2.08. The van der Waals surface area contributed by atoms with Gasteiger partial charge in [-0.05, 0) is 36.4 Å². The molecule has 0 unspecified atom stereocenters. The van der Waals surface area contributed by atoms with E-state index in [0.717, 1.165) is 0 Å². The van der Waals surface area contributed by atoms with Gasteiger partial charge in [0, 0.05) is 5.69 Å². The van der Waals surface area contributed by atoms with Crippen molar-refractivity contribution in [1.29, 1.82) is 0 Å². The fraction of sp³-hybridized carbons (Fsp3) is 0.0556. The summed E-state index contributed by atoms with van der Waals surface area (Å²) >= 11 is 0. The van der Waals surface area contributed by atoms with Crippen LogP contribution in [0.1, 0.15) is 21.0 Å². The van der Waals surface area contributed by atoms with Crippen LogP contribution in [0.3, 0.4) is 0 Å². The van der Waals surface area contributed by atoms with Gasteiger partial charge in [0.1, 0.15) is 18.0 Å². The van der Waals surface area contributed by atoms with Crippen LogP contribution >= 0.6 is 0 Å². The molecule has 0 saturated carbocycles. The maximum absolute atomic E-state index is 12.1. The average molecular weight is 382 g/mol. The molecule has 10 nitrogen and oxygen atoms in total. The first-order chi connectivity index (χ1) is 13.4. The molecular weight excluding hydrogens is 368 g/mol. The fourth-order valence-electron chi connectivity index (χ4n) is 2.35. The van der Waals surface area contributed by atoms with Crippen LogP contribution in [0.5, 0.6) is 11.5 Å². The number of carboxylic acids is 2. The second-order valence-electron chi connectivity index (χ2n) is 5.54. The Balaban J connectivity index is 1.65. The van der Waals surface area contributed by atoms with Gasteiger partial charge in [0.15, 0.2) is 5.69 Å². The third kappa shape index (κ3) is 4.30. The fourth-order valence-corrected chi connectivity index (χ4v) is 2.35. The summed E-state index contributed by atoms with van der Waals surface area (Å²) < 4.78 is 6.36. The molecule has 28 heavy (non-hydrogen) atoms. The van der Waals surface area contributed by atoms with Crippen LogP contribution in [0.4, 0.5) is 5.69 Å². The number of rotatable bonds is 7. The maximum atomic E-state index is 12.1. The summed E-state index contributed by atoms with van der Waals surface area (Å²) in [6.07, 6.45) is 0. The summed E-state index contributed by atoms with van der Waals surface area (Å²) in [6, 6.07) is 15.7. The normalized spacial score (nSPS) is 10.3. The van der Waals surface area contributed by atoms with Crippen LogP contribution < -0.4 is 10.1 Å². The van der Waals surface area contributed by atoms with Crippen LogP contribution in [-0.4, -0.2) is 43.1 Å². The van der Waals surface area contributed by atoms with E-state index in [1.165, 1.54) is 0 Å². The number of nitrogens with one attached hydrogen (secondary N) is 1. The van der Waals surface area contributed by atoms with Crippen LogP contribution in [-0.2, 0) is 11.3 Å². The van der Waals surface area contributed by atoms with Crippen molar-refractivity contribution in [1.82, 2.24) is 15.0 Å². The lowest BCUT2D eigenvalue weighted by atomic mass is 10.3. The first kappa shape index (κ1) is 18.6. The Labute approximate surface area is 158 Å². The average Bonchev–Trinajstić information content (AvgIpc) is 3.08. The van der Waals surface area contributed by atoms with E-state index in [9.17, 15) is 14.4 Å². The number of amides is 1. The standard InChI is InChI=1S/C18H14N4O6/c23-14(10-22-16(18(26)27)15(17(24)25)20-21-22)19-11-6-8-13(9-7-11)28-12-4-2-1-3-5-12/h1-9H,10H2,(H,19,23)(H,24,25)(H,26,27). The minimum absolute atomic E-state index is 0.445. The van der Waals surface area contributed by atoms with E-state index < -0.39 is 35.8 Å². The molecule has 0 spiro atoms. The number of aromatic nitrogens is 3. The van der Waals surface area contributed by atoms with Crippen LogP contribution in [0.15, 0.2) is 54.6 Å². The summed E-state index contributed by atoms with van der Waals surface area (Å²) in [7, 11) is 0. The molecule has 0 aliphatic carbocycles. The van der Waals surface area contributed by atoms with Crippen molar-refractivity contribution in [2.45, 2.75) is 6.54 Å². The lowest BCUT2D eigenvalue weighted by molar-refractivity contribution is -0.116. The number of carbonyl (C=O) groups is 3. The molecule has 0 radical (unpaired) electrons. The Morgan fingerprint density at radius 1 is 0.929 bits per heavy atom. The predicted octanol–water partition coefficient (Wildman–Crippen LogP) is 2.11. The molecule has 0 atom stereocenters. The minimum Gasteiger partial charge on any atom is -0.476 e. The quantitative estimate of drug-likeness (QED) is 0.563. The topological polar surface area (TPSA) is 144 Å². The number of para-hydroxylation sites is 1. The summed E-state index contributed by atoms with van der Waals surface area (Å²) in [5, 5.41) is 27.3. The molecule has 2 aromatic carbocycles. The SMILES string of the molecule is O=C(Cn1nnc(C(=O)O)c1C(=O)O)Nc1ccc(Oc2ccccc2)cc1. The van der Waals surface area contributed by atoms with Crippen molar-refractivity contribution in [2.24, 2.45) is 0 Å². The molecule has 0 saturated heterocycles. The molecule has 3 N–H and O–H groups in total. The van der Waals surface area contributed by atoms with Crippen LogP contribution in [0.25, 0.3) is 0 Å². The molecule has 0 bridgehead atoms. The van der Waals surface area contributed by atoms with Gasteiger partial charge in [-0.15, -0.1) is 5.10 Å². The van der Waals surface area contributed by atoms with E-state index in [-0.39, 0.29) is 0 Å². The Hall–Kier alpha value is -4.21. The number of carbonyl (C=O) groups excluding carboxylic acids is 1. The summed E-state index contributed by atoms with van der Waals surface area (Å²) in [6.45, 7) is -0.510. The van der Waals surface area contributed by atoms with Gasteiger partial charge in [-0.1, -0.05) is 23.4 Å². The molecule has 1 aromatic heterocycles. The lowest BCUT2D eigenvalue weighted by Crippen LogP contribution is -2.23. The van der Waals surface area contributed by atoms with Crippen molar-refractivity contribution in [2.75, 3.05) is 5.32 Å². The Bertz CT molecular complexity index is 1010. The number of benzene rings is 2. The Morgan fingerprint density at radius 2 is 1.57 bits per heavy atom. The Morgan fingerprint density at radius 3 is 2.18 bits per heavy atom. The monoisotopic (exact) mass is 382 g/mol. The van der Waals surface area contributed by atoms with Crippen LogP contribution in [0, 0.1) is 0 Å². The van der Waals surface area contributed by atoms with E-state index >= 15 is 0 Å². The summed E-state index contributed by atoms with van der Waals surface area (Å²) in [4.78, 5) is 34.4. The number of hydrogen-bond acceptors (Lipinski definition) is 6. The highest BCUT2D eigenvalue weighted by Gasteiger charge is 2.25. The Kier molecular flexibility index (Phi) is 5.30. The van der Waals surface area contributed by atoms with E-state index in [1.54, 1.807) is 36.4 Å². The second kappa shape index (κ2) is 7.99. The molecule has 0 aliphatic rings. The number of ether oxygens (including phenoxy) is 1. The van der Waals surface area contributed by atoms with E-state index in [2.05, 4.69) is 15.6 Å². The molecule has 142 valence electrons. The number of aromatic carboxylic acids is 2. The highest BCUT2D eigenvalue weighted by molar-refractivity contribution is 5.99. The van der Waals surface area contributed by atoms with Gasteiger partial charge in [-0.3, -0.25) is 4.79 Å². The molecule has 10 heteroatoms. The molecule has 3 rings (SSSR count). The maximum Gasteiger partial charge on any atom is 0.359 e. The van der Waals surface area contributed by atoms with E-state index in [0.29, 0.717) is 21.9 Å². The van der Waals surface area contributed by atoms with Crippen LogP contribution in [0.2, 0.25) is 0 Å². The van der Waals surface area contributed by atoms with Crippen molar-refractivity contribution >= 4 is 23.5 Å². The molecule has 0 fully saturated rings. The summed E-state index contributed by atoms with van der Waals surface area (Å²) in [5.74, 6) is -2.45. The number of nitrogens with zero attached hydrogens (tertiary/aromatic N) is 3. The van der Waals surface area contributed by atoms with Gasteiger partial charge in [-0.2, -0.15) is 0 Å². The molecular formula is C18H14N4O6. The van der Waals surface area contributed by atoms with Crippen molar-refractivity contribution in [3.63, 3.8) is 0 Å². The molecule has 1 amide bonds. The van der Waals surface area contributed by atoms with Gasteiger partial charge in [0.05, 0.1) is 0 Å². The number of hydrogen-bond donors (Lipinski definition) is 3. The van der Waals surface area contributed by atoms with Gasteiger partial charge in [0.2, 0.25) is 11.6 Å². The zero-order chi connectivity index (χ0) is 20.1. The van der Waals surface area contributed by atoms with E-state index in [1.807, 2.05) is 18.2 Å². The van der Waals surface area contributed by atoms with Crippen molar-refractivity contribution < 1.29 is 29.3 Å². The van der Waals surface area contributed by atoms with E-state index in [4.69, 9.17) is 14.9 Å². The zero-order valence-corrected chi connectivity index (χ0v) is 14.3. The van der Waals surface area contributed by atoms with Gasteiger partial charge in [0.25, 0.3) is 0 Å². The largest absolute Gasteiger partial charge is 0.476 e. The number of carboxylic acid groups (broad SMARTS) is 2. The molecule has 0 aliphatic heterocycles. The number of anilines is 1. The molecule has 1 heterocycles. The van der Waals surface area contributed by atoms with Crippen molar-refractivity contribution in [3.8, 4) is 11.5 Å². The van der Waals surface area contributed by atoms with Gasteiger partial charge in [-0.25, -0.2) is 14.3 Å². The highest BCUT2D eigenvalue weighted by Crippen LogP contribution is 2.22. The third-order valence-electron chi connectivity index (χ3n) is 3.55. The van der Waals surface area contributed by atoms with Gasteiger partial charge >= 0.3 is 11.9 Å². The third-order valence-corrected chi connectivity index (χ3v) is 3.55. The first-order valence-electron chi connectivity index (χ1n) is 7.97. The summed E-state index contributed by atoms with van der Waals surface area (Å²) in [5.41, 5.74) is -0.960. The smallest absolute Gasteiger partial charge is 0.359 e. The second-order valence-corrected chi connectivity index (χ2v) is 5.54. The molecule has 3 aromatic rings. The predicted molar refractivity (Wildman–Crippen MR) is 95.5 cm³/mol. The first-order valence-corrected chi connectivity index (χ1v) is 7.97. The minimum atomic E-state index is -1.54. The highest BCUT2D eigenvalue weighted by atomic mass is 16.5. The zero-order valence-electron chi connectivity index (χ0n) is 14.3. The van der Waals surface area contributed by atoms with Gasteiger partial charge < -0.3 is 20.3 Å².